The highest BCUT2D eigenvalue weighted by Gasteiger charge is 2.28. The third kappa shape index (κ3) is 6.36. The van der Waals surface area contributed by atoms with E-state index in [1.807, 2.05) is 37.5 Å². The molecule has 208 valence electrons. The average molecular weight is 618 g/mol. The standard InChI is InChI=1S/C29H27Cl3N4O3S/c1-18-5-9-25(10-6-18)40(38,39)35(27-11-7-23(30)13-19(27)2)17-29(37)34-33-16-22-14-20(3)36(21(22)4)28-12-8-24(31)15-26(28)32/h5-16H,17H2,1-4H3,(H,34,37)/b33-16-. The van der Waals surface area contributed by atoms with Crippen molar-refractivity contribution in [2.45, 2.75) is 32.6 Å². The summed E-state index contributed by atoms with van der Waals surface area (Å²) in [5.41, 5.74) is 7.58. The molecule has 0 spiro atoms. The van der Waals surface area contributed by atoms with Crippen LogP contribution in [-0.4, -0.2) is 31.7 Å². The van der Waals surface area contributed by atoms with E-state index in [1.165, 1.54) is 18.3 Å². The van der Waals surface area contributed by atoms with Crippen LogP contribution in [0, 0.1) is 27.7 Å². The molecule has 1 N–H and O–H groups in total. The molecule has 1 aromatic heterocycles. The molecule has 0 radical (unpaired) electrons. The van der Waals surface area contributed by atoms with Crippen molar-refractivity contribution in [1.29, 1.82) is 0 Å². The Kier molecular flexibility index (Phi) is 8.95. The third-order valence-corrected chi connectivity index (χ3v) is 8.88. The first kappa shape index (κ1) is 29.7. The molecule has 4 aromatic rings. The largest absolute Gasteiger partial charge is 0.316 e. The Labute approximate surface area is 249 Å². The smallest absolute Gasteiger partial charge is 0.264 e. The van der Waals surface area contributed by atoms with Crippen LogP contribution in [0.15, 0.2) is 76.7 Å². The third-order valence-electron chi connectivity index (χ3n) is 6.34. The van der Waals surface area contributed by atoms with Crippen LogP contribution in [0.4, 0.5) is 5.69 Å². The van der Waals surface area contributed by atoms with Gasteiger partial charge in [0.15, 0.2) is 0 Å². The van der Waals surface area contributed by atoms with Gasteiger partial charge in [-0.05, 0) is 87.9 Å². The van der Waals surface area contributed by atoms with Gasteiger partial charge in [-0.25, -0.2) is 13.8 Å². The second-order valence-electron chi connectivity index (χ2n) is 9.31. The maximum atomic E-state index is 13.6. The quantitative estimate of drug-likeness (QED) is 0.170. The number of nitrogens with one attached hydrogen (secondary N) is 1. The summed E-state index contributed by atoms with van der Waals surface area (Å²) in [5.74, 6) is -0.615. The first-order valence-corrected chi connectivity index (χ1v) is 14.8. The Balaban J connectivity index is 1.58. The average Bonchev–Trinajstić information content (AvgIpc) is 3.16. The van der Waals surface area contributed by atoms with Crippen LogP contribution in [0.2, 0.25) is 15.1 Å². The highest BCUT2D eigenvalue weighted by Crippen LogP contribution is 2.30. The first-order valence-electron chi connectivity index (χ1n) is 12.2. The maximum Gasteiger partial charge on any atom is 0.264 e. The van der Waals surface area contributed by atoms with Gasteiger partial charge in [-0.2, -0.15) is 5.10 Å². The number of hydrazone groups is 1. The zero-order valence-corrected chi connectivity index (χ0v) is 25.3. The Hall–Kier alpha value is -3.30. The summed E-state index contributed by atoms with van der Waals surface area (Å²) < 4.78 is 30.3. The molecule has 4 rings (SSSR count). The van der Waals surface area contributed by atoms with Crippen LogP contribution in [-0.2, 0) is 14.8 Å². The molecule has 11 heteroatoms. The molecule has 1 amide bonds. The number of carbonyl (C=O) groups excluding carboxylic acids is 1. The number of nitrogens with zero attached hydrogens (tertiary/aromatic N) is 3. The summed E-state index contributed by atoms with van der Waals surface area (Å²) in [4.78, 5) is 13.1. The van der Waals surface area contributed by atoms with E-state index < -0.39 is 22.5 Å². The summed E-state index contributed by atoms with van der Waals surface area (Å²) >= 11 is 18.6. The predicted octanol–water partition coefficient (Wildman–Crippen LogP) is 7.02. The van der Waals surface area contributed by atoms with Crippen LogP contribution >= 0.6 is 34.8 Å². The Morgan fingerprint density at radius 3 is 2.23 bits per heavy atom. The number of amides is 1. The summed E-state index contributed by atoms with van der Waals surface area (Å²) in [6, 6.07) is 18.4. The number of rotatable bonds is 8. The van der Waals surface area contributed by atoms with Gasteiger partial charge in [-0.15, -0.1) is 0 Å². The highest BCUT2D eigenvalue weighted by atomic mass is 35.5. The van der Waals surface area contributed by atoms with Gasteiger partial charge >= 0.3 is 0 Å². The molecular weight excluding hydrogens is 591 g/mol. The molecular formula is C29H27Cl3N4O3S. The fraction of sp³-hybridized carbons (Fsp3) is 0.172. The molecule has 0 aliphatic heterocycles. The van der Waals surface area contributed by atoms with Gasteiger partial charge < -0.3 is 4.57 Å². The van der Waals surface area contributed by atoms with Crippen molar-refractivity contribution in [3.05, 3.63) is 110 Å². The molecule has 0 aliphatic rings. The van der Waals surface area contributed by atoms with Crippen LogP contribution < -0.4 is 9.73 Å². The van der Waals surface area contributed by atoms with Gasteiger partial charge in [0.25, 0.3) is 15.9 Å². The fourth-order valence-corrected chi connectivity index (χ4v) is 6.53. The molecule has 0 atom stereocenters. The van der Waals surface area contributed by atoms with E-state index in [0.717, 1.165) is 32.5 Å². The van der Waals surface area contributed by atoms with E-state index in [4.69, 9.17) is 34.8 Å². The fourth-order valence-electron chi connectivity index (χ4n) is 4.33. The van der Waals surface area contributed by atoms with Gasteiger partial charge in [0.2, 0.25) is 0 Å². The van der Waals surface area contributed by atoms with E-state index >= 15 is 0 Å². The van der Waals surface area contributed by atoms with Crippen molar-refractivity contribution >= 4 is 62.6 Å². The highest BCUT2D eigenvalue weighted by molar-refractivity contribution is 7.92. The molecule has 1 heterocycles. The summed E-state index contributed by atoms with van der Waals surface area (Å²) in [5, 5.41) is 5.59. The van der Waals surface area contributed by atoms with E-state index in [0.29, 0.717) is 26.3 Å². The summed E-state index contributed by atoms with van der Waals surface area (Å²) in [6.45, 7) is 6.94. The minimum Gasteiger partial charge on any atom is -0.316 e. The lowest BCUT2D eigenvalue weighted by Crippen LogP contribution is -2.40. The SMILES string of the molecule is Cc1ccc(S(=O)(=O)N(CC(=O)N/N=C\c2cc(C)n(-c3ccc(Cl)cc3Cl)c2C)c2ccc(Cl)cc2C)cc1. The Bertz CT molecular complexity index is 1720. The van der Waals surface area contributed by atoms with E-state index in [2.05, 4.69) is 10.5 Å². The van der Waals surface area contributed by atoms with Crippen molar-refractivity contribution in [3.8, 4) is 5.69 Å². The van der Waals surface area contributed by atoms with Gasteiger partial charge in [-0.1, -0.05) is 52.5 Å². The number of halogens is 3. The van der Waals surface area contributed by atoms with Crippen LogP contribution in [0.1, 0.15) is 28.1 Å². The van der Waals surface area contributed by atoms with Gasteiger partial charge in [0, 0.05) is 27.0 Å². The number of sulfonamides is 1. The van der Waals surface area contributed by atoms with Crippen molar-refractivity contribution in [2.24, 2.45) is 5.10 Å². The minimum atomic E-state index is -4.07. The second-order valence-corrected chi connectivity index (χ2v) is 12.4. The molecule has 3 aromatic carbocycles. The number of hydrogen-bond acceptors (Lipinski definition) is 4. The molecule has 0 aliphatic carbocycles. The minimum absolute atomic E-state index is 0.0667. The zero-order chi connectivity index (χ0) is 29.2. The number of anilines is 1. The topological polar surface area (TPSA) is 83.8 Å². The van der Waals surface area contributed by atoms with Crippen molar-refractivity contribution < 1.29 is 13.2 Å². The number of hydrogen-bond donors (Lipinski definition) is 1. The van der Waals surface area contributed by atoms with Crippen LogP contribution in [0.5, 0.6) is 0 Å². The van der Waals surface area contributed by atoms with Crippen molar-refractivity contribution in [1.82, 2.24) is 9.99 Å². The van der Waals surface area contributed by atoms with Crippen molar-refractivity contribution in [2.75, 3.05) is 10.8 Å². The Morgan fingerprint density at radius 1 is 0.925 bits per heavy atom. The maximum absolute atomic E-state index is 13.6. The molecule has 0 saturated carbocycles. The van der Waals surface area contributed by atoms with E-state index in [1.54, 1.807) is 49.4 Å². The molecule has 0 fully saturated rings. The number of carbonyl (C=O) groups is 1. The Morgan fingerprint density at radius 2 is 1.57 bits per heavy atom. The van der Waals surface area contributed by atoms with E-state index in [9.17, 15) is 13.2 Å². The van der Waals surface area contributed by atoms with Crippen LogP contribution in [0.3, 0.4) is 0 Å². The first-order chi connectivity index (χ1) is 18.9. The predicted molar refractivity (Wildman–Crippen MR) is 163 cm³/mol. The van der Waals surface area contributed by atoms with Gasteiger partial charge in [0.1, 0.15) is 6.54 Å². The van der Waals surface area contributed by atoms with Crippen LogP contribution in [0.25, 0.3) is 5.69 Å². The van der Waals surface area contributed by atoms with E-state index in [-0.39, 0.29) is 4.90 Å². The molecule has 40 heavy (non-hydrogen) atoms. The lowest BCUT2D eigenvalue weighted by molar-refractivity contribution is -0.119. The number of aryl methyl sites for hydroxylation is 3. The number of benzene rings is 3. The molecule has 0 saturated heterocycles. The summed E-state index contributed by atoms with van der Waals surface area (Å²) in [6.07, 6.45) is 1.51. The second kappa shape index (κ2) is 12.1. The van der Waals surface area contributed by atoms with Crippen molar-refractivity contribution in [3.63, 3.8) is 0 Å². The monoisotopic (exact) mass is 616 g/mol. The zero-order valence-electron chi connectivity index (χ0n) is 22.2. The normalized spacial score (nSPS) is 11.7. The molecule has 0 unspecified atom stereocenters. The molecule has 7 nitrogen and oxygen atoms in total. The lowest BCUT2D eigenvalue weighted by atomic mass is 10.2. The molecule has 0 bridgehead atoms. The van der Waals surface area contributed by atoms with Gasteiger partial charge in [0.05, 0.1) is 27.5 Å². The number of aromatic nitrogens is 1. The van der Waals surface area contributed by atoms with Gasteiger partial charge in [-0.3, -0.25) is 9.10 Å². The summed E-state index contributed by atoms with van der Waals surface area (Å²) in [7, 11) is -4.07. The lowest BCUT2D eigenvalue weighted by Gasteiger charge is -2.25.